The monoisotopic (exact) mass is 300 g/mol. The normalized spacial score (nSPS) is 18.9. The van der Waals surface area contributed by atoms with Gasteiger partial charge < -0.3 is 20.5 Å². The molecule has 1 aromatic carbocycles. The summed E-state index contributed by atoms with van der Waals surface area (Å²) in [6.45, 7) is 1.13. The van der Waals surface area contributed by atoms with Crippen LogP contribution in [0.4, 0.5) is 5.69 Å². The van der Waals surface area contributed by atoms with Gasteiger partial charge >= 0.3 is 0 Å². The van der Waals surface area contributed by atoms with E-state index in [0.717, 1.165) is 0 Å². The van der Waals surface area contributed by atoms with Gasteiger partial charge in [-0.25, -0.2) is 0 Å². The van der Waals surface area contributed by atoms with Crippen LogP contribution in [0.2, 0.25) is 5.02 Å². The fourth-order valence-electron chi connectivity index (χ4n) is 1.69. The fourth-order valence-corrected chi connectivity index (χ4v) is 2.04. The van der Waals surface area contributed by atoms with E-state index in [4.69, 9.17) is 39.0 Å². The molecule has 1 amide bonds. The van der Waals surface area contributed by atoms with Gasteiger partial charge in [-0.1, -0.05) is 23.8 Å². The van der Waals surface area contributed by atoms with Crippen molar-refractivity contribution in [3.63, 3.8) is 0 Å². The van der Waals surface area contributed by atoms with Crippen LogP contribution in [-0.2, 0) is 14.3 Å². The van der Waals surface area contributed by atoms with Gasteiger partial charge in [-0.3, -0.25) is 4.79 Å². The molecule has 3 N–H and O–H groups in total. The Hall–Kier alpha value is -1.21. The topological polar surface area (TPSA) is 73.6 Å². The lowest BCUT2D eigenvalue weighted by Gasteiger charge is -2.22. The van der Waals surface area contributed by atoms with Crippen molar-refractivity contribution in [1.29, 1.82) is 0 Å². The van der Waals surface area contributed by atoms with Gasteiger partial charge in [0.15, 0.2) is 6.10 Å². The van der Waals surface area contributed by atoms with Crippen molar-refractivity contribution < 1.29 is 14.3 Å². The maximum atomic E-state index is 12.0. The Morgan fingerprint density at radius 2 is 2.26 bits per heavy atom. The minimum atomic E-state index is -0.632. The summed E-state index contributed by atoms with van der Waals surface area (Å²) in [5.74, 6) is -0.306. The number of ether oxygens (including phenoxy) is 2. The molecule has 19 heavy (non-hydrogen) atoms. The van der Waals surface area contributed by atoms with E-state index in [0.29, 0.717) is 29.5 Å². The Labute approximate surface area is 121 Å². The summed E-state index contributed by atoms with van der Waals surface area (Å²) in [6.07, 6.45) is -0.632. The molecule has 1 atom stereocenters. The van der Waals surface area contributed by atoms with E-state index in [1.54, 1.807) is 18.2 Å². The zero-order valence-electron chi connectivity index (χ0n) is 10.0. The van der Waals surface area contributed by atoms with Gasteiger partial charge in [-0.05, 0) is 18.2 Å². The van der Waals surface area contributed by atoms with Crippen molar-refractivity contribution in [3.05, 3.63) is 28.8 Å². The van der Waals surface area contributed by atoms with Crippen molar-refractivity contribution >= 4 is 40.4 Å². The number of amides is 1. The van der Waals surface area contributed by atoms with Gasteiger partial charge in [0.1, 0.15) is 4.99 Å². The number of carbonyl (C=O) groups excluding carboxylic acids is 1. The van der Waals surface area contributed by atoms with E-state index in [1.165, 1.54) is 0 Å². The van der Waals surface area contributed by atoms with E-state index in [-0.39, 0.29) is 17.5 Å². The third-order valence-electron chi connectivity index (χ3n) is 2.61. The third-order valence-corrected chi connectivity index (χ3v) is 3.07. The van der Waals surface area contributed by atoms with Crippen molar-refractivity contribution in [2.45, 2.75) is 6.10 Å². The molecule has 5 nitrogen and oxygen atoms in total. The molecule has 1 aromatic rings. The molecule has 7 heteroatoms. The number of hydrogen-bond donors (Lipinski definition) is 2. The molecule has 1 aliphatic heterocycles. The first kappa shape index (κ1) is 14.2. The molecule has 102 valence electrons. The third kappa shape index (κ3) is 3.63. The van der Waals surface area contributed by atoms with Crippen molar-refractivity contribution in [3.8, 4) is 0 Å². The molecule has 0 aromatic heterocycles. The largest absolute Gasteiger partial charge is 0.389 e. The SMILES string of the molecule is NC(=S)c1ccc(Cl)cc1NC(=O)C1COCCO1. The van der Waals surface area contributed by atoms with Crippen LogP contribution in [-0.4, -0.2) is 36.8 Å². The van der Waals surface area contributed by atoms with Crippen LogP contribution in [0, 0.1) is 0 Å². The predicted octanol–water partition coefficient (Wildman–Crippen LogP) is 1.33. The Morgan fingerprint density at radius 1 is 1.47 bits per heavy atom. The minimum Gasteiger partial charge on any atom is -0.389 e. The van der Waals surface area contributed by atoms with Crippen molar-refractivity contribution in [1.82, 2.24) is 0 Å². The van der Waals surface area contributed by atoms with Gasteiger partial charge in [0.05, 0.1) is 25.5 Å². The van der Waals surface area contributed by atoms with E-state index in [1.807, 2.05) is 0 Å². The summed E-state index contributed by atoms with van der Waals surface area (Å²) in [5, 5.41) is 3.19. The lowest BCUT2D eigenvalue weighted by molar-refractivity contribution is -0.142. The summed E-state index contributed by atoms with van der Waals surface area (Å²) in [4.78, 5) is 12.2. The molecule has 2 rings (SSSR count). The summed E-state index contributed by atoms with van der Waals surface area (Å²) in [7, 11) is 0. The lowest BCUT2D eigenvalue weighted by atomic mass is 10.1. The summed E-state index contributed by atoms with van der Waals surface area (Å²) >= 11 is 10.8. The predicted molar refractivity (Wildman–Crippen MR) is 76.5 cm³/mol. The van der Waals surface area contributed by atoms with Gasteiger partial charge in [-0.15, -0.1) is 0 Å². The van der Waals surface area contributed by atoms with Crippen LogP contribution < -0.4 is 11.1 Å². The van der Waals surface area contributed by atoms with Gasteiger partial charge in [0.2, 0.25) is 0 Å². The maximum absolute atomic E-state index is 12.0. The van der Waals surface area contributed by atoms with E-state index < -0.39 is 6.10 Å². The number of rotatable bonds is 3. The van der Waals surface area contributed by atoms with Crippen molar-refractivity contribution in [2.24, 2.45) is 5.73 Å². The average molecular weight is 301 g/mol. The molecular weight excluding hydrogens is 288 g/mol. The first-order valence-corrected chi connectivity index (χ1v) is 6.46. The molecular formula is C12H13ClN2O3S. The zero-order chi connectivity index (χ0) is 13.8. The standard InChI is InChI=1S/C12H13ClN2O3S/c13-7-1-2-8(11(14)19)9(5-7)15-12(16)10-6-17-3-4-18-10/h1-2,5,10H,3-4,6H2,(H2,14,19)(H,15,16). The molecule has 1 aliphatic rings. The lowest BCUT2D eigenvalue weighted by Crippen LogP contribution is -2.39. The van der Waals surface area contributed by atoms with Crippen LogP contribution in [0.15, 0.2) is 18.2 Å². The molecule has 1 heterocycles. The van der Waals surface area contributed by atoms with Crippen LogP contribution in [0.5, 0.6) is 0 Å². The second-order valence-corrected chi connectivity index (χ2v) is 4.85. The first-order chi connectivity index (χ1) is 9.08. The van der Waals surface area contributed by atoms with Crippen LogP contribution >= 0.6 is 23.8 Å². The highest BCUT2D eigenvalue weighted by molar-refractivity contribution is 7.80. The van der Waals surface area contributed by atoms with Gasteiger partial charge in [0, 0.05) is 10.6 Å². The second kappa shape index (κ2) is 6.29. The zero-order valence-corrected chi connectivity index (χ0v) is 11.6. The number of hydrogen-bond acceptors (Lipinski definition) is 4. The maximum Gasteiger partial charge on any atom is 0.255 e. The number of anilines is 1. The Morgan fingerprint density at radius 3 is 2.89 bits per heavy atom. The summed E-state index contributed by atoms with van der Waals surface area (Å²) in [5.41, 5.74) is 6.63. The van der Waals surface area contributed by atoms with E-state index in [9.17, 15) is 4.79 Å². The van der Waals surface area contributed by atoms with E-state index >= 15 is 0 Å². The number of thiocarbonyl (C=S) groups is 1. The van der Waals surface area contributed by atoms with Crippen molar-refractivity contribution in [2.75, 3.05) is 25.1 Å². The fraction of sp³-hybridized carbons (Fsp3) is 0.333. The molecule has 0 spiro atoms. The number of carbonyl (C=O) groups is 1. The Balaban J connectivity index is 2.15. The summed E-state index contributed by atoms with van der Waals surface area (Å²) < 4.78 is 10.5. The Bertz CT molecular complexity index is 504. The van der Waals surface area contributed by atoms with Crippen LogP contribution in [0.25, 0.3) is 0 Å². The number of nitrogens with two attached hydrogens (primary N) is 1. The molecule has 0 bridgehead atoms. The highest BCUT2D eigenvalue weighted by atomic mass is 35.5. The van der Waals surface area contributed by atoms with E-state index in [2.05, 4.69) is 5.32 Å². The minimum absolute atomic E-state index is 0.188. The highest BCUT2D eigenvalue weighted by Gasteiger charge is 2.23. The first-order valence-electron chi connectivity index (χ1n) is 5.67. The smallest absolute Gasteiger partial charge is 0.255 e. The molecule has 1 saturated heterocycles. The van der Waals surface area contributed by atoms with Crippen LogP contribution in [0.1, 0.15) is 5.56 Å². The molecule has 0 saturated carbocycles. The van der Waals surface area contributed by atoms with Gasteiger partial charge in [-0.2, -0.15) is 0 Å². The molecule has 0 aliphatic carbocycles. The molecule has 0 radical (unpaired) electrons. The van der Waals surface area contributed by atoms with Crippen LogP contribution in [0.3, 0.4) is 0 Å². The quantitative estimate of drug-likeness (QED) is 0.824. The number of benzene rings is 1. The highest BCUT2D eigenvalue weighted by Crippen LogP contribution is 2.21. The summed E-state index contributed by atoms with van der Waals surface area (Å²) in [6, 6.07) is 4.92. The molecule has 1 unspecified atom stereocenters. The molecule has 1 fully saturated rings. The van der Waals surface area contributed by atoms with Gasteiger partial charge in [0.25, 0.3) is 5.91 Å². The Kier molecular flexibility index (Phi) is 4.71. The average Bonchev–Trinajstić information content (AvgIpc) is 2.39. The number of nitrogens with one attached hydrogen (secondary N) is 1. The number of halogens is 1. The second-order valence-electron chi connectivity index (χ2n) is 3.98.